The summed E-state index contributed by atoms with van der Waals surface area (Å²) in [5.41, 5.74) is 0.684. The third-order valence-electron chi connectivity index (χ3n) is 0.847. The summed E-state index contributed by atoms with van der Waals surface area (Å²) in [7, 11) is 0. The summed E-state index contributed by atoms with van der Waals surface area (Å²) in [4.78, 5) is 0. The van der Waals surface area contributed by atoms with Crippen LogP contribution in [0.15, 0.2) is 24.3 Å². The van der Waals surface area contributed by atoms with Crippen molar-refractivity contribution in [1.29, 1.82) is 5.26 Å². The van der Waals surface area contributed by atoms with Crippen molar-refractivity contribution in [3.63, 3.8) is 0 Å². The number of nitriles is 1. The number of hydrogen-bond donors (Lipinski definition) is 0. The fourth-order valence-corrected chi connectivity index (χ4v) is 0.461. The molecule has 0 N–H and O–H groups in total. The predicted octanol–water partition coefficient (Wildman–Crippen LogP) is -3.75. The maximum atomic E-state index is 8.27. The van der Waals surface area contributed by atoms with Crippen LogP contribution in [0.5, 0.6) is 0 Å². The van der Waals surface area contributed by atoms with Gasteiger partial charge in [-0.2, -0.15) is 35.6 Å². The van der Waals surface area contributed by atoms with Gasteiger partial charge in [0.2, 0.25) is 0 Å². The number of nitrogens with zero attached hydrogens (tertiary/aromatic N) is 1. The molecule has 0 spiro atoms. The molecule has 5 heteroatoms. The molecule has 0 amide bonds. The Balaban J connectivity index is -0.000000189. The molecule has 1 nitrogen and oxygen atoms in total. The fraction of sp³-hybridized carbons (Fsp3) is 0. The van der Waals surface area contributed by atoms with Crippen molar-refractivity contribution in [3.8, 4) is 6.07 Å². The van der Waals surface area contributed by atoms with Crippen LogP contribution in [0.3, 0.4) is 0 Å². The second-order valence-corrected chi connectivity index (χ2v) is 1.40. The summed E-state index contributed by atoms with van der Waals surface area (Å²) in [6.45, 7) is 0. The van der Waals surface area contributed by atoms with E-state index in [-0.39, 0.29) is 31.3 Å². The van der Waals surface area contributed by atoms with Crippen molar-refractivity contribution in [2.24, 2.45) is 0 Å². The Morgan fingerprint density at radius 3 is 2.00 bits per heavy atom. The number of rotatable bonds is 0. The predicted molar refractivity (Wildman–Crippen MR) is 44.0 cm³/mol. The SMILES string of the molecule is N#Cc1cc[c-]cc1.[Cl-].[Li+].[Zn+][I]. The van der Waals surface area contributed by atoms with Gasteiger partial charge in [0, 0.05) is 0 Å². The van der Waals surface area contributed by atoms with E-state index in [1.54, 1.807) is 24.3 Å². The zero-order chi connectivity index (χ0) is 7.82. The Hall–Kier alpha value is 0.951. The number of benzene rings is 1. The first-order chi connectivity index (χ1) is 4.93. The minimum absolute atomic E-state index is 0. The zero-order valence-corrected chi connectivity index (χ0v) is 12.6. The number of hydrogen-bond acceptors (Lipinski definition) is 1. The summed E-state index contributed by atoms with van der Waals surface area (Å²) in [6.07, 6.45) is 0. The van der Waals surface area contributed by atoms with Gasteiger partial charge >= 0.3 is 53.4 Å². The molecule has 0 saturated carbocycles. The molecule has 1 aromatic rings. The zero-order valence-electron chi connectivity index (χ0n) is 6.72. The number of halogens is 2. The Morgan fingerprint density at radius 1 is 1.33 bits per heavy atom. The van der Waals surface area contributed by atoms with E-state index in [0.29, 0.717) is 5.56 Å². The Morgan fingerprint density at radius 2 is 1.75 bits per heavy atom. The summed E-state index contributed by atoms with van der Waals surface area (Å²) >= 11 is 3.62. The quantitative estimate of drug-likeness (QED) is 0.271. The van der Waals surface area contributed by atoms with Crippen LogP contribution in [0.25, 0.3) is 0 Å². The molecule has 0 aliphatic heterocycles. The molecule has 54 valence electrons. The van der Waals surface area contributed by atoms with Crippen LogP contribution < -0.4 is 31.3 Å². The van der Waals surface area contributed by atoms with E-state index >= 15 is 0 Å². The average Bonchev–Trinajstić information content (AvgIpc) is 2.10. The van der Waals surface area contributed by atoms with Gasteiger partial charge in [0.25, 0.3) is 0 Å². The third kappa shape index (κ3) is 9.04. The van der Waals surface area contributed by atoms with Crippen molar-refractivity contribution in [1.82, 2.24) is 0 Å². The van der Waals surface area contributed by atoms with E-state index < -0.39 is 0 Å². The summed E-state index contributed by atoms with van der Waals surface area (Å²) in [6, 6.07) is 11.7. The standard InChI is InChI=1S/C7H4N.ClH.HI.Li.Zn/c8-6-7-4-2-1-3-5-7;;;;/h2-5H;2*1H;;/q-1;;;+1;+2/p-2. The molecule has 0 fully saturated rings. The van der Waals surface area contributed by atoms with Gasteiger partial charge in [0.1, 0.15) is 0 Å². The van der Waals surface area contributed by atoms with Crippen molar-refractivity contribution in [3.05, 3.63) is 35.9 Å². The summed E-state index contributed by atoms with van der Waals surface area (Å²) in [5, 5.41) is 8.27. The van der Waals surface area contributed by atoms with Crippen molar-refractivity contribution in [2.45, 2.75) is 0 Å². The summed E-state index contributed by atoms with van der Waals surface area (Å²) < 4.78 is 0. The first kappa shape index (κ1) is 18.7. The van der Waals surface area contributed by atoms with E-state index in [9.17, 15) is 0 Å². The van der Waals surface area contributed by atoms with Crippen molar-refractivity contribution >= 4 is 19.8 Å². The Kier molecular flexibility index (Phi) is 22.5. The van der Waals surface area contributed by atoms with Crippen LogP contribution in [0, 0.1) is 17.4 Å². The minimum atomic E-state index is 0. The second-order valence-electron chi connectivity index (χ2n) is 1.40. The van der Waals surface area contributed by atoms with E-state index in [4.69, 9.17) is 5.26 Å². The van der Waals surface area contributed by atoms with Crippen LogP contribution >= 0.6 is 19.8 Å². The van der Waals surface area contributed by atoms with Crippen molar-refractivity contribution < 1.29 is 46.1 Å². The molecule has 0 unspecified atom stereocenters. The summed E-state index contributed by atoms with van der Waals surface area (Å²) in [5.74, 6) is 0. The van der Waals surface area contributed by atoms with E-state index in [2.05, 4.69) is 25.8 Å². The van der Waals surface area contributed by atoms with Crippen molar-refractivity contribution in [2.75, 3.05) is 0 Å². The Labute approximate surface area is 112 Å². The fourth-order valence-electron chi connectivity index (χ4n) is 0.461. The first-order valence-electron chi connectivity index (χ1n) is 2.56. The molecule has 0 bridgehead atoms. The van der Waals surface area contributed by atoms with Crippen LogP contribution in [0.2, 0.25) is 0 Å². The monoisotopic (exact) mass is 335 g/mol. The molecule has 0 aromatic heterocycles. The van der Waals surface area contributed by atoms with Gasteiger partial charge < -0.3 is 12.4 Å². The molecular formula is C7H4ClILiNZn. The molecule has 1 rings (SSSR count). The van der Waals surface area contributed by atoms with Crippen LogP contribution in [-0.2, 0) is 14.8 Å². The molecule has 0 atom stereocenters. The van der Waals surface area contributed by atoms with Gasteiger partial charge in [-0.25, -0.2) is 0 Å². The van der Waals surface area contributed by atoms with Gasteiger partial charge in [0.15, 0.2) is 0 Å². The van der Waals surface area contributed by atoms with Gasteiger partial charge in [0.05, 0.1) is 6.07 Å². The third-order valence-corrected chi connectivity index (χ3v) is 0.847. The molecule has 12 heavy (non-hydrogen) atoms. The van der Waals surface area contributed by atoms with Gasteiger partial charge in [-0.3, -0.25) is 0 Å². The molecule has 0 heterocycles. The van der Waals surface area contributed by atoms with E-state index in [0.717, 1.165) is 0 Å². The second kappa shape index (κ2) is 14.5. The topological polar surface area (TPSA) is 23.8 Å². The molecule has 1 aromatic carbocycles. The van der Waals surface area contributed by atoms with Crippen LogP contribution in [0.4, 0.5) is 0 Å². The van der Waals surface area contributed by atoms with Crippen LogP contribution in [-0.4, -0.2) is 0 Å². The van der Waals surface area contributed by atoms with Crippen LogP contribution in [0.1, 0.15) is 5.56 Å². The molecule has 0 saturated heterocycles. The van der Waals surface area contributed by atoms with Gasteiger partial charge in [-0.1, -0.05) is 5.56 Å². The van der Waals surface area contributed by atoms with E-state index in [1.165, 1.54) is 14.8 Å². The average molecular weight is 337 g/mol. The first-order valence-corrected chi connectivity index (χ1v) is 11.6. The molecular weight excluding hydrogens is 333 g/mol. The van der Waals surface area contributed by atoms with Gasteiger partial charge in [-0.15, -0.1) is 0 Å². The normalized spacial score (nSPS) is 5.83. The molecule has 0 aliphatic carbocycles. The molecule has 0 radical (unpaired) electrons. The maximum absolute atomic E-state index is 8.27. The van der Waals surface area contributed by atoms with E-state index in [1.807, 2.05) is 6.07 Å². The Bertz CT molecular complexity index is 214. The molecule has 0 aliphatic rings. The van der Waals surface area contributed by atoms with Gasteiger partial charge in [-0.05, 0) is 0 Å².